The second-order valence-electron chi connectivity index (χ2n) is 2.18. The maximum Gasteiger partial charge on any atom is 1.00 e. The summed E-state index contributed by atoms with van der Waals surface area (Å²) in [7, 11) is -4.19. The van der Waals surface area contributed by atoms with E-state index in [1.54, 1.807) is 0 Å². The van der Waals surface area contributed by atoms with Gasteiger partial charge in [-0.25, -0.2) is 8.42 Å². The minimum absolute atomic E-state index is 0. The average molecular weight is 218 g/mol. The van der Waals surface area contributed by atoms with Gasteiger partial charge in [-0.2, -0.15) is 0 Å². The van der Waals surface area contributed by atoms with Gasteiger partial charge in [-0.05, 0) is 12.2 Å². The van der Waals surface area contributed by atoms with Gasteiger partial charge in [-0.15, -0.1) is 0 Å². The van der Waals surface area contributed by atoms with E-state index in [1.165, 1.54) is 4.90 Å². The van der Waals surface area contributed by atoms with Crippen LogP contribution in [0.25, 0.3) is 0 Å². The molecular weight excluding hydrogens is 211 g/mol. The summed E-state index contributed by atoms with van der Waals surface area (Å²) in [5.74, 6) is -0.529. The normalized spacial score (nSPS) is 17.1. The fourth-order valence-electron chi connectivity index (χ4n) is 0.825. The maximum atomic E-state index is 10.2. The van der Waals surface area contributed by atoms with Crippen LogP contribution in [0, 0.1) is 0 Å². The number of thiocarbonyl (C=S) groups is 1. The van der Waals surface area contributed by atoms with Gasteiger partial charge in [0.15, 0.2) is 5.11 Å². The minimum Gasteiger partial charge on any atom is -0.747 e. The second kappa shape index (κ2) is 4.73. The minimum atomic E-state index is -4.19. The molecule has 12 heavy (non-hydrogen) atoms. The summed E-state index contributed by atoms with van der Waals surface area (Å²) in [6.45, 7) is 1.09. The molecule has 0 amide bonds. The van der Waals surface area contributed by atoms with Crippen LogP contribution in [0.3, 0.4) is 0 Å². The van der Waals surface area contributed by atoms with Crippen LogP contribution in [0.15, 0.2) is 0 Å². The van der Waals surface area contributed by atoms with Crippen molar-refractivity contribution in [1.29, 1.82) is 0 Å². The molecule has 0 spiro atoms. The zero-order valence-electron chi connectivity index (χ0n) is 6.61. The molecule has 0 unspecified atom stereocenters. The number of nitrogens with zero attached hydrogens (tertiary/aromatic N) is 1. The molecule has 1 saturated heterocycles. The molecule has 0 atom stereocenters. The van der Waals surface area contributed by atoms with Gasteiger partial charge in [0.25, 0.3) is 0 Å². The first-order chi connectivity index (χ1) is 4.99. The van der Waals surface area contributed by atoms with Gasteiger partial charge < -0.3 is 14.8 Å². The van der Waals surface area contributed by atoms with Gasteiger partial charge in [-0.3, -0.25) is 0 Å². The Balaban J connectivity index is 0.00000121. The van der Waals surface area contributed by atoms with E-state index < -0.39 is 16.0 Å². The molecule has 1 aliphatic rings. The number of nitrogens with one attached hydrogen (secondary N) is 1. The molecule has 0 aliphatic carbocycles. The van der Waals surface area contributed by atoms with Crippen molar-refractivity contribution < 1.29 is 42.5 Å². The van der Waals surface area contributed by atoms with Crippen molar-refractivity contribution in [3.63, 3.8) is 0 Å². The third-order valence-corrected chi connectivity index (χ3v) is 2.29. The molecule has 64 valence electrons. The largest absolute Gasteiger partial charge is 1.00 e. The monoisotopic (exact) mass is 218 g/mol. The van der Waals surface area contributed by atoms with Crippen molar-refractivity contribution in [2.75, 3.05) is 19.0 Å². The number of hydrogen-bond acceptors (Lipinski definition) is 4. The Labute approximate surface area is 98.5 Å². The Kier molecular flexibility index (Phi) is 4.97. The van der Waals surface area contributed by atoms with E-state index >= 15 is 0 Å². The van der Waals surface area contributed by atoms with E-state index in [-0.39, 0.29) is 29.6 Å². The Morgan fingerprint density at radius 1 is 1.67 bits per heavy atom. The molecule has 0 aromatic carbocycles. The predicted molar refractivity (Wildman–Crippen MR) is 41.9 cm³/mol. The Morgan fingerprint density at radius 3 is 2.58 bits per heavy atom. The van der Waals surface area contributed by atoms with E-state index in [1.807, 2.05) is 0 Å². The van der Waals surface area contributed by atoms with Crippen molar-refractivity contribution in [3.8, 4) is 0 Å². The van der Waals surface area contributed by atoms with Gasteiger partial charge in [0.05, 0.1) is 0 Å². The quantitative estimate of drug-likeness (QED) is 0.287. The van der Waals surface area contributed by atoms with Crippen molar-refractivity contribution in [1.82, 2.24) is 10.2 Å². The van der Waals surface area contributed by atoms with Gasteiger partial charge in [0.1, 0.15) is 16.0 Å². The van der Waals surface area contributed by atoms with E-state index in [0.717, 1.165) is 0 Å². The van der Waals surface area contributed by atoms with Gasteiger partial charge in [0, 0.05) is 13.1 Å². The molecule has 0 aromatic rings. The first kappa shape index (κ1) is 12.6. The zero-order valence-corrected chi connectivity index (χ0v) is 10.2. The predicted octanol–water partition coefficient (Wildman–Crippen LogP) is -4.32. The summed E-state index contributed by atoms with van der Waals surface area (Å²) in [5.41, 5.74) is 0. The van der Waals surface area contributed by atoms with E-state index in [4.69, 9.17) is 12.2 Å². The van der Waals surface area contributed by atoms with Crippen LogP contribution in [-0.4, -0.2) is 41.9 Å². The molecule has 0 radical (unpaired) electrons. The Bertz CT molecular complexity index is 265. The fourth-order valence-corrected chi connectivity index (χ4v) is 1.80. The van der Waals surface area contributed by atoms with Crippen LogP contribution in [0.4, 0.5) is 0 Å². The molecule has 1 aliphatic heterocycles. The van der Waals surface area contributed by atoms with Gasteiger partial charge in [-0.1, -0.05) is 0 Å². The first-order valence-electron chi connectivity index (χ1n) is 2.95. The summed E-state index contributed by atoms with van der Waals surface area (Å²) >= 11 is 4.72. The number of hydrogen-bond donors (Lipinski definition) is 1. The smallest absolute Gasteiger partial charge is 0.747 e. The summed E-state index contributed by atoms with van der Waals surface area (Å²) < 4.78 is 30.7. The molecule has 0 saturated carbocycles. The molecule has 1 heterocycles. The summed E-state index contributed by atoms with van der Waals surface area (Å²) in [6.07, 6.45) is 0. The van der Waals surface area contributed by atoms with E-state index in [0.29, 0.717) is 18.2 Å². The molecule has 0 aromatic heterocycles. The van der Waals surface area contributed by atoms with Gasteiger partial charge >= 0.3 is 29.6 Å². The fraction of sp³-hybridized carbons (Fsp3) is 0.750. The SMILES string of the molecule is O=S(=O)([O-])CN1CCNC1=S.[Na+]. The topological polar surface area (TPSA) is 72.5 Å². The molecule has 1 fully saturated rings. The van der Waals surface area contributed by atoms with Crippen LogP contribution < -0.4 is 34.9 Å². The Hall–Kier alpha value is 0.600. The second-order valence-corrected chi connectivity index (χ2v) is 3.94. The molecule has 5 nitrogen and oxygen atoms in total. The van der Waals surface area contributed by atoms with Crippen molar-refractivity contribution >= 4 is 27.4 Å². The first-order valence-corrected chi connectivity index (χ1v) is 4.94. The summed E-state index contributed by atoms with van der Waals surface area (Å²) in [5, 5.41) is 3.08. The summed E-state index contributed by atoms with van der Waals surface area (Å²) in [4.78, 5) is 1.33. The van der Waals surface area contributed by atoms with E-state index in [9.17, 15) is 13.0 Å². The molecule has 1 rings (SSSR count). The van der Waals surface area contributed by atoms with Gasteiger partial charge in [0.2, 0.25) is 0 Å². The maximum absolute atomic E-state index is 10.2. The van der Waals surface area contributed by atoms with Crippen LogP contribution in [-0.2, 0) is 10.1 Å². The van der Waals surface area contributed by atoms with Crippen LogP contribution in [0.2, 0.25) is 0 Å². The molecule has 0 bridgehead atoms. The van der Waals surface area contributed by atoms with Crippen LogP contribution in [0.5, 0.6) is 0 Å². The average Bonchev–Trinajstić information content (AvgIpc) is 2.12. The van der Waals surface area contributed by atoms with Crippen molar-refractivity contribution in [2.24, 2.45) is 0 Å². The third kappa shape index (κ3) is 4.01. The number of rotatable bonds is 2. The van der Waals surface area contributed by atoms with E-state index in [2.05, 4.69) is 5.32 Å². The molecular formula is C4H7N2NaO3S2. The van der Waals surface area contributed by atoms with Crippen LogP contribution in [0.1, 0.15) is 0 Å². The summed E-state index contributed by atoms with van der Waals surface area (Å²) in [6, 6.07) is 0. The zero-order chi connectivity index (χ0) is 8.48. The molecule has 1 N–H and O–H groups in total. The third-order valence-electron chi connectivity index (χ3n) is 1.26. The standard InChI is InChI=1S/C4H8N2O3S2.Na/c7-11(8,9)3-6-2-1-5-4(6)10;/h1-3H2,(H,5,10)(H,7,8,9);/q;+1/p-1. The van der Waals surface area contributed by atoms with Crippen molar-refractivity contribution in [2.45, 2.75) is 0 Å². The molecule has 8 heteroatoms. The van der Waals surface area contributed by atoms with Crippen LogP contribution >= 0.6 is 12.2 Å². The Morgan fingerprint density at radius 2 is 2.25 bits per heavy atom. The van der Waals surface area contributed by atoms with Crippen molar-refractivity contribution in [3.05, 3.63) is 0 Å².